The minimum atomic E-state index is -0.364. The molecule has 1 aliphatic rings. The number of dihydropyridines is 1. The number of fused-ring (bicyclic) bond motifs is 1. The van der Waals surface area contributed by atoms with Crippen LogP contribution < -0.4 is 10.6 Å². The van der Waals surface area contributed by atoms with Gasteiger partial charge in [-0.2, -0.15) is 0 Å². The van der Waals surface area contributed by atoms with Gasteiger partial charge in [-0.25, -0.2) is 14.8 Å². The van der Waals surface area contributed by atoms with Gasteiger partial charge in [0.05, 0.1) is 35.2 Å². The smallest absolute Gasteiger partial charge is 0.337 e. The van der Waals surface area contributed by atoms with Crippen molar-refractivity contribution in [1.82, 2.24) is 29.8 Å². The Morgan fingerprint density at radius 3 is 2.40 bits per heavy atom. The zero-order chi connectivity index (χ0) is 35.0. The first-order chi connectivity index (χ1) is 24.3. The first-order valence-corrected chi connectivity index (χ1v) is 16.3. The van der Waals surface area contributed by atoms with Gasteiger partial charge < -0.3 is 15.4 Å². The number of carbonyl (C=O) groups excluding carboxylic acids is 2. The summed E-state index contributed by atoms with van der Waals surface area (Å²) in [5, 5.41) is 6.68. The van der Waals surface area contributed by atoms with Gasteiger partial charge in [0.15, 0.2) is 0 Å². The second-order valence-corrected chi connectivity index (χ2v) is 11.7. The van der Waals surface area contributed by atoms with Gasteiger partial charge in [-0.3, -0.25) is 19.3 Å². The summed E-state index contributed by atoms with van der Waals surface area (Å²) >= 11 is 6.55. The Labute approximate surface area is 294 Å². The third-order valence-electron chi connectivity index (χ3n) is 7.92. The van der Waals surface area contributed by atoms with Gasteiger partial charge in [0, 0.05) is 47.1 Å². The van der Waals surface area contributed by atoms with E-state index in [0.29, 0.717) is 22.0 Å². The number of hydrogen-bond acceptors (Lipinski definition) is 8. The van der Waals surface area contributed by atoms with Crippen molar-refractivity contribution in [2.24, 2.45) is 0 Å². The number of benzene rings is 2. The Morgan fingerprint density at radius 1 is 0.900 bits per heavy atom. The zero-order valence-electron chi connectivity index (χ0n) is 27.7. The normalized spacial score (nSPS) is 13.8. The highest BCUT2D eigenvalue weighted by atomic mass is 35.5. The second kappa shape index (κ2) is 15.4. The number of hydrogen-bond donors (Lipinski definition) is 2. The molecule has 250 valence electrons. The average Bonchev–Trinajstić information content (AvgIpc) is 3.48. The number of ether oxygens (including phenoxy) is 1. The number of imidazole rings is 1. The Bertz CT molecular complexity index is 2200. The quantitative estimate of drug-likeness (QED) is 0.164. The summed E-state index contributed by atoms with van der Waals surface area (Å²) in [7, 11) is 0. The molecule has 4 aromatic heterocycles. The summed E-state index contributed by atoms with van der Waals surface area (Å²) in [5.74, 6) is 0.511. The number of allylic oxidation sites excluding steroid dienone is 2. The lowest BCUT2D eigenvalue weighted by Crippen LogP contribution is -2.26. The van der Waals surface area contributed by atoms with E-state index in [4.69, 9.17) is 16.3 Å². The topological polar surface area (TPSA) is 124 Å². The predicted octanol–water partition coefficient (Wildman–Crippen LogP) is 7.68. The highest BCUT2D eigenvalue weighted by Gasteiger charge is 2.31. The summed E-state index contributed by atoms with van der Waals surface area (Å²) < 4.78 is 7.57. The van der Waals surface area contributed by atoms with Crippen LogP contribution in [0.5, 0.6) is 0 Å². The Hall–Kier alpha value is -6.13. The van der Waals surface area contributed by atoms with Gasteiger partial charge in [0.2, 0.25) is 0 Å². The molecule has 1 amide bonds. The molecule has 50 heavy (non-hydrogen) atoms. The third kappa shape index (κ3) is 7.45. The molecule has 1 unspecified atom stereocenters. The molecule has 1 atom stereocenters. The van der Waals surface area contributed by atoms with E-state index in [-0.39, 0.29) is 24.4 Å². The number of halogens is 1. The van der Waals surface area contributed by atoms with E-state index < -0.39 is 0 Å². The van der Waals surface area contributed by atoms with Crippen LogP contribution in [0.2, 0.25) is 5.02 Å². The molecule has 0 radical (unpaired) electrons. The summed E-state index contributed by atoms with van der Waals surface area (Å²) in [6.45, 7) is 6.05. The maximum atomic E-state index is 13.2. The summed E-state index contributed by atoms with van der Waals surface area (Å²) in [6.07, 6.45) is 10.3. The monoisotopic (exact) mass is 683 g/mol. The maximum Gasteiger partial charge on any atom is 0.337 e. The number of anilines is 1. The van der Waals surface area contributed by atoms with Crippen molar-refractivity contribution in [2.75, 3.05) is 11.9 Å². The van der Waals surface area contributed by atoms with E-state index in [9.17, 15) is 9.59 Å². The van der Waals surface area contributed by atoms with Crippen molar-refractivity contribution >= 4 is 46.0 Å². The molecule has 5 heterocycles. The van der Waals surface area contributed by atoms with Gasteiger partial charge in [-0.05, 0) is 80.4 Å². The first kappa shape index (κ1) is 33.8. The summed E-state index contributed by atoms with van der Waals surface area (Å²) in [5.41, 5.74) is 7.26. The molecule has 11 heteroatoms. The Balaban J connectivity index is 0.000000240. The van der Waals surface area contributed by atoms with Crippen molar-refractivity contribution < 1.29 is 14.3 Å². The van der Waals surface area contributed by atoms with Crippen molar-refractivity contribution in [3.8, 4) is 5.69 Å². The standard InChI is InChI=1S/C28H25ClN4O2.C11H9N3O/c1-4-35-28(34)26-22(21-7-5-6-8-23(21)29)15-17(2)31-27(26)19-9-11-20(12-10-19)33-18(3)32-24-16-30-14-13-25(24)33;15-11(9-4-3-6-12-8-9)14-10-5-1-2-7-13-10/h5-16,22,31H,4H2,1-3H3;1-8H,(H,13,14,15). The number of esters is 1. The molecule has 2 aromatic carbocycles. The van der Waals surface area contributed by atoms with Crippen molar-refractivity contribution in [1.29, 1.82) is 0 Å². The average molecular weight is 684 g/mol. The number of aryl methyl sites for hydroxylation is 1. The minimum absolute atomic E-state index is 0.207. The van der Waals surface area contributed by atoms with Gasteiger partial charge in [-0.1, -0.05) is 54.1 Å². The number of pyridine rings is 3. The van der Waals surface area contributed by atoms with E-state index >= 15 is 0 Å². The lowest BCUT2D eigenvalue weighted by atomic mass is 9.85. The van der Waals surface area contributed by atoms with Crippen LogP contribution in [-0.4, -0.2) is 43.0 Å². The number of carbonyl (C=O) groups is 2. The van der Waals surface area contributed by atoms with E-state index in [0.717, 1.165) is 45.1 Å². The van der Waals surface area contributed by atoms with Crippen LogP contribution in [0.1, 0.15) is 47.1 Å². The van der Waals surface area contributed by atoms with Crippen molar-refractivity contribution in [3.05, 3.63) is 161 Å². The van der Waals surface area contributed by atoms with E-state index in [1.165, 1.54) is 6.20 Å². The third-order valence-corrected chi connectivity index (χ3v) is 8.27. The van der Waals surface area contributed by atoms with E-state index in [1.807, 2.05) is 87.5 Å². The molecule has 7 rings (SSSR count). The second-order valence-electron chi connectivity index (χ2n) is 11.3. The highest BCUT2D eigenvalue weighted by Crippen LogP contribution is 2.39. The predicted molar refractivity (Wildman–Crippen MR) is 195 cm³/mol. The summed E-state index contributed by atoms with van der Waals surface area (Å²) in [4.78, 5) is 41.5. The van der Waals surface area contributed by atoms with Crippen LogP contribution in [0.15, 0.2) is 133 Å². The number of nitrogens with zero attached hydrogens (tertiary/aromatic N) is 5. The van der Waals surface area contributed by atoms with Crippen LogP contribution in [0.25, 0.3) is 22.4 Å². The van der Waals surface area contributed by atoms with Crippen LogP contribution in [0, 0.1) is 6.92 Å². The molecule has 0 fully saturated rings. The molecule has 0 aliphatic carbocycles. The van der Waals surface area contributed by atoms with Gasteiger partial charge in [0.1, 0.15) is 17.2 Å². The molecule has 10 nitrogen and oxygen atoms in total. The fraction of sp³-hybridized carbons (Fsp3) is 0.128. The Kier molecular flexibility index (Phi) is 10.4. The summed E-state index contributed by atoms with van der Waals surface area (Å²) in [6, 6.07) is 26.4. The molecule has 6 aromatic rings. The highest BCUT2D eigenvalue weighted by molar-refractivity contribution is 6.31. The van der Waals surface area contributed by atoms with Crippen LogP contribution in [0.4, 0.5) is 5.82 Å². The lowest BCUT2D eigenvalue weighted by Gasteiger charge is -2.28. The number of amides is 1. The molecular formula is C39H34ClN7O3. The molecule has 0 saturated heterocycles. The molecule has 0 spiro atoms. The number of aromatic nitrogens is 5. The van der Waals surface area contributed by atoms with Crippen LogP contribution in [0.3, 0.4) is 0 Å². The SMILES string of the molecule is CCOC(=O)C1=C(c2ccc(-n3c(C)nc4cnccc43)cc2)NC(C)=CC1c1ccccc1Cl.O=C(Nc1ccccn1)c1cccnc1. The van der Waals surface area contributed by atoms with E-state index in [2.05, 4.69) is 35.1 Å². The van der Waals surface area contributed by atoms with Gasteiger partial charge >= 0.3 is 5.97 Å². The molecule has 2 N–H and O–H groups in total. The molecule has 1 aliphatic heterocycles. The van der Waals surface area contributed by atoms with Crippen molar-refractivity contribution in [2.45, 2.75) is 26.7 Å². The zero-order valence-corrected chi connectivity index (χ0v) is 28.4. The van der Waals surface area contributed by atoms with Crippen molar-refractivity contribution in [3.63, 3.8) is 0 Å². The van der Waals surface area contributed by atoms with Crippen LogP contribution in [-0.2, 0) is 9.53 Å². The maximum absolute atomic E-state index is 13.2. The minimum Gasteiger partial charge on any atom is -0.463 e. The fourth-order valence-electron chi connectivity index (χ4n) is 5.71. The first-order valence-electron chi connectivity index (χ1n) is 16.0. The van der Waals surface area contributed by atoms with E-state index in [1.54, 1.807) is 49.1 Å². The van der Waals surface area contributed by atoms with Gasteiger partial charge in [-0.15, -0.1) is 0 Å². The fourth-order valence-corrected chi connectivity index (χ4v) is 5.96. The lowest BCUT2D eigenvalue weighted by molar-refractivity contribution is -0.138. The Morgan fingerprint density at radius 2 is 1.68 bits per heavy atom. The number of rotatable bonds is 7. The number of nitrogens with one attached hydrogen (secondary N) is 2. The largest absolute Gasteiger partial charge is 0.463 e. The molecule has 0 saturated carbocycles. The van der Waals surface area contributed by atoms with Crippen LogP contribution >= 0.6 is 11.6 Å². The molecular weight excluding hydrogens is 650 g/mol. The molecule has 0 bridgehead atoms. The van der Waals surface area contributed by atoms with Gasteiger partial charge in [0.25, 0.3) is 5.91 Å².